The summed E-state index contributed by atoms with van der Waals surface area (Å²) in [6.45, 7) is 11.5. The van der Waals surface area contributed by atoms with Crippen LogP contribution in [0.5, 0.6) is 0 Å². The Balaban J connectivity index is 4.55. The van der Waals surface area contributed by atoms with Gasteiger partial charge in [0.1, 0.15) is 0 Å². The fraction of sp³-hybridized carbons (Fsp3) is 1.00. The van der Waals surface area contributed by atoms with Crippen molar-refractivity contribution in [3.63, 3.8) is 0 Å². The summed E-state index contributed by atoms with van der Waals surface area (Å²) in [5, 5.41) is 0. The average Bonchev–Trinajstić information content (AvgIpc) is 2.28. The van der Waals surface area contributed by atoms with Crippen LogP contribution >= 0.6 is 0 Å². The van der Waals surface area contributed by atoms with E-state index in [4.69, 9.17) is 10.5 Å². The van der Waals surface area contributed by atoms with Crippen LogP contribution in [0.1, 0.15) is 40.5 Å². The molecule has 98 valence electrons. The topological polar surface area (TPSA) is 38.5 Å². The predicted octanol–water partition coefficient (Wildman–Crippen LogP) is 2.11. The number of nitrogens with zero attached hydrogens (tertiary/aromatic N) is 1. The second-order valence-electron chi connectivity index (χ2n) is 4.70. The zero-order valence-corrected chi connectivity index (χ0v) is 11.7. The van der Waals surface area contributed by atoms with Gasteiger partial charge < -0.3 is 10.5 Å². The maximum atomic E-state index is 5.95. The molecule has 0 heterocycles. The summed E-state index contributed by atoms with van der Waals surface area (Å²) in [7, 11) is 1.76. The molecule has 1 unspecified atom stereocenters. The van der Waals surface area contributed by atoms with Gasteiger partial charge in [0.2, 0.25) is 0 Å². The molecule has 0 saturated carbocycles. The van der Waals surface area contributed by atoms with E-state index in [0.29, 0.717) is 18.0 Å². The zero-order chi connectivity index (χ0) is 12.6. The van der Waals surface area contributed by atoms with Crippen molar-refractivity contribution in [2.75, 3.05) is 26.8 Å². The molecule has 3 nitrogen and oxygen atoms in total. The molecule has 0 aromatic carbocycles. The van der Waals surface area contributed by atoms with Crippen LogP contribution in [0.4, 0.5) is 0 Å². The molecule has 0 bridgehead atoms. The minimum absolute atomic E-state index is 0.491. The van der Waals surface area contributed by atoms with Crippen LogP contribution in [-0.4, -0.2) is 43.8 Å². The first kappa shape index (κ1) is 15.9. The van der Waals surface area contributed by atoms with Crippen LogP contribution in [0.3, 0.4) is 0 Å². The normalized spacial score (nSPS) is 14.1. The van der Waals surface area contributed by atoms with Gasteiger partial charge in [-0.05, 0) is 19.8 Å². The molecule has 1 atom stereocenters. The van der Waals surface area contributed by atoms with Gasteiger partial charge in [0.15, 0.2) is 0 Å². The van der Waals surface area contributed by atoms with Gasteiger partial charge in [-0.15, -0.1) is 0 Å². The number of methoxy groups -OCH3 is 1. The molecular formula is C13H30N2O. The maximum absolute atomic E-state index is 5.95. The lowest BCUT2D eigenvalue weighted by molar-refractivity contribution is 0.0695. The van der Waals surface area contributed by atoms with Gasteiger partial charge in [0.05, 0.1) is 6.61 Å². The van der Waals surface area contributed by atoms with Crippen molar-refractivity contribution in [2.24, 2.45) is 11.7 Å². The van der Waals surface area contributed by atoms with Gasteiger partial charge in [-0.1, -0.05) is 26.7 Å². The van der Waals surface area contributed by atoms with Gasteiger partial charge in [0, 0.05) is 32.3 Å². The highest BCUT2D eigenvalue weighted by Crippen LogP contribution is 2.19. The fourth-order valence-corrected chi connectivity index (χ4v) is 2.44. The quantitative estimate of drug-likeness (QED) is 0.659. The largest absolute Gasteiger partial charge is 0.383 e. The average molecular weight is 230 g/mol. The molecule has 0 aromatic rings. The molecule has 16 heavy (non-hydrogen) atoms. The Morgan fingerprint density at radius 2 is 1.75 bits per heavy atom. The molecule has 0 aliphatic rings. The Bertz CT molecular complexity index is 158. The molecule has 2 N–H and O–H groups in total. The monoisotopic (exact) mass is 230 g/mol. The Morgan fingerprint density at radius 1 is 1.19 bits per heavy atom. The number of rotatable bonds is 9. The molecule has 0 amide bonds. The smallest absolute Gasteiger partial charge is 0.0589 e. The first-order valence-corrected chi connectivity index (χ1v) is 6.56. The molecule has 3 heteroatoms. The molecule has 0 aliphatic carbocycles. The third kappa shape index (κ3) is 4.81. The zero-order valence-electron chi connectivity index (χ0n) is 11.7. The van der Waals surface area contributed by atoms with Crippen molar-refractivity contribution in [2.45, 2.75) is 52.6 Å². The Kier molecular flexibility index (Phi) is 8.90. The van der Waals surface area contributed by atoms with Gasteiger partial charge in [-0.25, -0.2) is 0 Å². The summed E-state index contributed by atoms with van der Waals surface area (Å²) in [6.07, 6.45) is 2.41. The number of hydrogen-bond donors (Lipinski definition) is 1. The number of ether oxygens (including phenoxy) is 1. The fourth-order valence-electron chi connectivity index (χ4n) is 2.44. The van der Waals surface area contributed by atoms with Crippen LogP contribution in [-0.2, 0) is 4.74 Å². The number of hydrogen-bond acceptors (Lipinski definition) is 3. The summed E-state index contributed by atoms with van der Waals surface area (Å²) in [4.78, 5) is 2.49. The molecular weight excluding hydrogens is 200 g/mol. The van der Waals surface area contributed by atoms with Crippen LogP contribution in [0.15, 0.2) is 0 Å². The van der Waals surface area contributed by atoms with E-state index in [1.807, 2.05) is 0 Å². The molecule has 0 spiro atoms. The van der Waals surface area contributed by atoms with Gasteiger partial charge in [0.25, 0.3) is 0 Å². The van der Waals surface area contributed by atoms with Gasteiger partial charge in [-0.2, -0.15) is 0 Å². The second-order valence-corrected chi connectivity index (χ2v) is 4.70. The lowest BCUT2D eigenvalue weighted by Gasteiger charge is -2.38. The van der Waals surface area contributed by atoms with Crippen molar-refractivity contribution >= 4 is 0 Å². The van der Waals surface area contributed by atoms with Gasteiger partial charge >= 0.3 is 0 Å². The molecule has 0 aromatic heterocycles. The van der Waals surface area contributed by atoms with Crippen LogP contribution < -0.4 is 5.73 Å². The second kappa shape index (κ2) is 8.97. The first-order chi connectivity index (χ1) is 7.62. The van der Waals surface area contributed by atoms with Gasteiger partial charge in [-0.3, -0.25) is 4.90 Å². The molecule has 0 fully saturated rings. The van der Waals surface area contributed by atoms with E-state index >= 15 is 0 Å². The predicted molar refractivity (Wildman–Crippen MR) is 70.6 cm³/mol. The minimum atomic E-state index is 0.491. The standard InChI is InChI=1S/C13H30N2O/c1-6-12(7-2)13(10-14)15(11(3)4)8-9-16-5/h11-13H,6-10,14H2,1-5H3. The summed E-state index contributed by atoms with van der Waals surface area (Å²) >= 11 is 0. The summed E-state index contributed by atoms with van der Waals surface area (Å²) in [6, 6.07) is 1.02. The van der Waals surface area contributed by atoms with E-state index in [0.717, 1.165) is 19.7 Å². The third-order valence-electron chi connectivity index (χ3n) is 3.48. The lowest BCUT2D eigenvalue weighted by atomic mass is 9.92. The van der Waals surface area contributed by atoms with E-state index in [2.05, 4.69) is 32.6 Å². The number of nitrogens with two attached hydrogens (primary N) is 1. The third-order valence-corrected chi connectivity index (χ3v) is 3.48. The van der Waals surface area contributed by atoms with Crippen LogP contribution in [0.2, 0.25) is 0 Å². The van der Waals surface area contributed by atoms with E-state index < -0.39 is 0 Å². The lowest BCUT2D eigenvalue weighted by Crippen LogP contribution is -2.50. The summed E-state index contributed by atoms with van der Waals surface area (Å²) < 4.78 is 5.18. The molecule has 0 radical (unpaired) electrons. The van der Waals surface area contributed by atoms with Crippen LogP contribution in [0.25, 0.3) is 0 Å². The Labute approximate surface area is 101 Å². The van der Waals surface area contributed by atoms with Crippen molar-refractivity contribution in [3.05, 3.63) is 0 Å². The summed E-state index contributed by atoms with van der Waals surface area (Å²) in [5.74, 6) is 0.698. The van der Waals surface area contributed by atoms with E-state index in [1.165, 1.54) is 12.8 Å². The summed E-state index contributed by atoms with van der Waals surface area (Å²) in [5.41, 5.74) is 5.95. The van der Waals surface area contributed by atoms with E-state index in [1.54, 1.807) is 7.11 Å². The highest BCUT2D eigenvalue weighted by atomic mass is 16.5. The Morgan fingerprint density at radius 3 is 2.06 bits per heavy atom. The van der Waals surface area contributed by atoms with Crippen molar-refractivity contribution < 1.29 is 4.74 Å². The maximum Gasteiger partial charge on any atom is 0.0589 e. The molecule has 0 saturated heterocycles. The van der Waals surface area contributed by atoms with Crippen LogP contribution in [0, 0.1) is 5.92 Å². The van der Waals surface area contributed by atoms with E-state index in [-0.39, 0.29) is 0 Å². The first-order valence-electron chi connectivity index (χ1n) is 6.56. The highest BCUT2D eigenvalue weighted by Gasteiger charge is 2.25. The highest BCUT2D eigenvalue weighted by molar-refractivity contribution is 4.81. The van der Waals surface area contributed by atoms with Crippen molar-refractivity contribution in [3.8, 4) is 0 Å². The van der Waals surface area contributed by atoms with Crippen molar-refractivity contribution in [1.82, 2.24) is 4.90 Å². The molecule has 0 aliphatic heterocycles. The molecule has 0 rings (SSSR count). The van der Waals surface area contributed by atoms with Crippen molar-refractivity contribution in [1.29, 1.82) is 0 Å². The Hall–Kier alpha value is -0.120. The minimum Gasteiger partial charge on any atom is -0.383 e. The van der Waals surface area contributed by atoms with E-state index in [9.17, 15) is 0 Å². The SMILES string of the molecule is CCC(CC)C(CN)N(CCOC)C(C)C.